The molecule has 1 nitrogen and oxygen atoms in total. The Hall–Kier alpha value is -0.540. The molecule has 1 rings (SSSR count). The Kier molecular flexibility index (Phi) is 5.85. The number of hydrogen-bond acceptors (Lipinski definition) is 2. The molecule has 0 amide bonds. The number of thioether (sulfide) groups is 1. The Labute approximate surface area is 108 Å². The lowest BCUT2D eigenvalue weighted by Crippen LogP contribution is -2.13. The first-order valence-corrected chi connectivity index (χ1v) is 7.01. The Morgan fingerprint density at radius 3 is 2.50 bits per heavy atom. The van der Waals surface area contributed by atoms with Gasteiger partial charge in [0.15, 0.2) is 0 Å². The highest BCUT2D eigenvalue weighted by atomic mass is 32.2. The summed E-state index contributed by atoms with van der Waals surface area (Å²) in [6, 6.07) is 8.79. The zero-order valence-electron chi connectivity index (χ0n) is 9.90. The van der Waals surface area contributed by atoms with Crippen LogP contribution in [-0.2, 0) is 6.42 Å². The second-order valence-corrected chi connectivity index (χ2v) is 5.92. The van der Waals surface area contributed by atoms with Crippen LogP contribution < -0.4 is 5.73 Å². The van der Waals surface area contributed by atoms with Crippen LogP contribution in [-0.4, -0.2) is 10.7 Å². The predicted octanol–water partition coefficient (Wildman–Crippen LogP) is 3.65. The van der Waals surface area contributed by atoms with Crippen molar-refractivity contribution in [3.8, 4) is 0 Å². The number of thiocarbonyl (C=S) groups is 1. The van der Waals surface area contributed by atoms with E-state index in [9.17, 15) is 0 Å². The standard InChI is InChI=1S/C13H19NS2/c1-3-16-12-6-4-11(5-7-12)8-10(2)9-13(14)15/h4-7,10H,3,8-9H2,1-2H3,(H2,14,15). The maximum Gasteiger partial charge on any atom is 0.0730 e. The van der Waals surface area contributed by atoms with Gasteiger partial charge in [0.25, 0.3) is 0 Å². The van der Waals surface area contributed by atoms with Gasteiger partial charge in [0.2, 0.25) is 0 Å². The Bertz CT molecular complexity index is 332. The van der Waals surface area contributed by atoms with Crippen molar-refractivity contribution in [2.45, 2.75) is 31.6 Å². The summed E-state index contributed by atoms with van der Waals surface area (Å²) >= 11 is 6.79. The van der Waals surface area contributed by atoms with Gasteiger partial charge in [-0.05, 0) is 35.8 Å². The highest BCUT2D eigenvalue weighted by Crippen LogP contribution is 2.19. The van der Waals surface area contributed by atoms with E-state index in [-0.39, 0.29) is 0 Å². The van der Waals surface area contributed by atoms with Gasteiger partial charge in [0.05, 0.1) is 4.99 Å². The monoisotopic (exact) mass is 253 g/mol. The van der Waals surface area contributed by atoms with Gasteiger partial charge in [-0.2, -0.15) is 0 Å². The van der Waals surface area contributed by atoms with E-state index in [4.69, 9.17) is 18.0 Å². The zero-order chi connectivity index (χ0) is 12.0. The van der Waals surface area contributed by atoms with Crippen LogP contribution in [0.2, 0.25) is 0 Å². The first kappa shape index (κ1) is 13.5. The van der Waals surface area contributed by atoms with Gasteiger partial charge < -0.3 is 5.73 Å². The van der Waals surface area contributed by atoms with Crippen LogP contribution in [0, 0.1) is 5.92 Å². The molecule has 0 spiro atoms. The number of hydrogen-bond donors (Lipinski definition) is 1. The molecule has 1 unspecified atom stereocenters. The van der Waals surface area contributed by atoms with Crippen molar-refractivity contribution in [3.05, 3.63) is 29.8 Å². The van der Waals surface area contributed by atoms with Crippen LogP contribution in [0.3, 0.4) is 0 Å². The largest absolute Gasteiger partial charge is 0.393 e. The van der Waals surface area contributed by atoms with E-state index >= 15 is 0 Å². The molecular formula is C13H19NS2. The van der Waals surface area contributed by atoms with Gasteiger partial charge in [-0.15, -0.1) is 11.8 Å². The second-order valence-electron chi connectivity index (χ2n) is 4.06. The average Bonchev–Trinajstić information content (AvgIpc) is 2.20. The van der Waals surface area contributed by atoms with Gasteiger partial charge in [-0.25, -0.2) is 0 Å². The minimum absolute atomic E-state index is 0.530. The SMILES string of the molecule is CCSc1ccc(CC(C)CC(N)=S)cc1. The molecule has 1 aromatic carbocycles. The first-order chi connectivity index (χ1) is 7.61. The molecule has 0 aliphatic heterocycles. The Morgan fingerprint density at radius 1 is 1.38 bits per heavy atom. The highest BCUT2D eigenvalue weighted by molar-refractivity contribution is 7.99. The minimum atomic E-state index is 0.530. The summed E-state index contributed by atoms with van der Waals surface area (Å²) in [5, 5.41) is 0. The van der Waals surface area contributed by atoms with E-state index in [2.05, 4.69) is 38.1 Å². The van der Waals surface area contributed by atoms with E-state index in [1.54, 1.807) is 0 Å². The Balaban J connectivity index is 2.51. The molecule has 0 fully saturated rings. The third-order valence-electron chi connectivity index (χ3n) is 2.37. The quantitative estimate of drug-likeness (QED) is 0.619. The maximum atomic E-state index is 5.54. The lowest BCUT2D eigenvalue weighted by atomic mass is 9.98. The van der Waals surface area contributed by atoms with E-state index in [0.29, 0.717) is 10.9 Å². The smallest absolute Gasteiger partial charge is 0.0730 e. The molecule has 0 radical (unpaired) electrons. The summed E-state index contributed by atoms with van der Waals surface area (Å²) in [4.78, 5) is 1.96. The summed E-state index contributed by atoms with van der Waals surface area (Å²) in [5.74, 6) is 1.65. The van der Waals surface area contributed by atoms with Crippen LogP contribution in [0.5, 0.6) is 0 Å². The summed E-state index contributed by atoms with van der Waals surface area (Å²) in [6.07, 6.45) is 1.88. The molecule has 0 aliphatic rings. The first-order valence-electron chi connectivity index (χ1n) is 5.62. The third-order valence-corrected chi connectivity index (χ3v) is 3.43. The fourth-order valence-corrected chi connectivity index (χ4v) is 2.65. The van der Waals surface area contributed by atoms with E-state index in [1.807, 2.05) is 11.8 Å². The van der Waals surface area contributed by atoms with Crippen LogP contribution in [0.4, 0.5) is 0 Å². The molecule has 0 saturated carbocycles. The zero-order valence-corrected chi connectivity index (χ0v) is 11.5. The second kappa shape index (κ2) is 6.92. The number of benzene rings is 1. The Morgan fingerprint density at radius 2 is 2.00 bits per heavy atom. The normalized spacial score (nSPS) is 12.4. The topological polar surface area (TPSA) is 26.0 Å². The lowest BCUT2D eigenvalue weighted by Gasteiger charge is -2.10. The summed E-state index contributed by atoms with van der Waals surface area (Å²) < 4.78 is 0. The van der Waals surface area contributed by atoms with Crippen molar-refractivity contribution in [2.75, 3.05) is 5.75 Å². The molecule has 0 heterocycles. The summed E-state index contributed by atoms with van der Waals surface area (Å²) in [6.45, 7) is 4.36. The van der Waals surface area contributed by atoms with Gasteiger partial charge in [-0.3, -0.25) is 0 Å². The summed E-state index contributed by atoms with van der Waals surface area (Å²) in [7, 11) is 0. The molecule has 1 atom stereocenters. The molecular weight excluding hydrogens is 234 g/mol. The number of rotatable bonds is 6. The fraction of sp³-hybridized carbons (Fsp3) is 0.462. The molecule has 16 heavy (non-hydrogen) atoms. The molecule has 0 aliphatic carbocycles. The molecule has 3 heteroatoms. The van der Waals surface area contributed by atoms with Crippen molar-refractivity contribution < 1.29 is 0 Å². The van der Waals surface area contributed by atoms with Gasteiger partial charge in [-0.1, -0.05) is 38.2 Å². The fourth-order valence-electron chi connectivity index (χ4n) is 1.71. The third kappa shape index (κ3) is 4.99. The van der Waals surface area contributed by atoms with Crippen LogP contribution in [0.25, 0.3) is 0 Å². The van der Waals surface area contributed by atoms with Crippen molar-refractivity contribution in [1.29, 1.82) is 0 Å². The molecule has 88 valence electrons. The highest BCUT2D eigenvalue weighted by Gasteiger charge is 2.05. The van der Waals surface area contributed by atoms with E-state index in [0.717, 1.165) is 18.6 Å². The van der Waals surface area contributed by atoms with Gasteiger partial charge >= 0.3 is 0 Å². The lowest BCUT2D eigenvalue weighted by molar-refractivity contribution is 0.607. The van der Waals surface area contributed by atoms with Crippen molar-refractivity contribution in [2.24, 2.45) is 11.7 Å². The molecule has 2 N–H and O–H groups in total. The maximum absolute atomic E-state index is 5.54. The van der Waals surface area contributed by atoms with Gasteiger partial charge in [0, 0.05) is 11.3 Å². The van der Waals surface area contributed by atoms with Crippen LogP contribution in [0.15, 0.2) is 29.2 Å². The molecule has 1 aromatic rings. The van der Waals surface area contributed by atoms with Crippen molar-refractivity contribution >= 4 is 29.0 Å². The number of nitrogens with two attached hydrogens (primary N) is 1. The van der Waals surface area contributed by atoms with Crippen LogP contribution in [0.1, 0.15) is 25.8 Å². The van der Waals surface area contributed by atoms with Crippen molar-refractivity contribution in [3.63, 3.8) is 0 Å². The van der Waals surface area contributed by atoms with E-state index in [1.165, 1.54) is 10.5 Å². The van der Waals surface area contributed by atoms with Gasteiger partial charge in [0.1, 0.15) is 0 Å². The summed E-state index contributed by atoms with van der Waals surface area (Å²) in [5.41, 5.74) is 6.90. The van der Waals surface area contributed by atoms with Crippen LogP contribution >= 0.6 is 24.0 Å². The predicted molar refractivity (Wildman–Crippen MR) is 77.1 cm³/mol. The minimum Gasteiger partial charge on any atom is -0.393 e. The molecule has 0 bridgehead atoms. The average molecular weight is 253 g/mol. The molecule has 0 aromatic heterocycles. The van der Waals surface area contributed by atoms with E-state index < -0.39 is 0 Å². The molecule has 0 saturated heterocycles. The van der Waals surface area contributed by atoms with Crippen molar-refractivity contribution in [1.82, 2.24) is 0 Å².